The summed E-state index contributed by atoms with van der Waals surface area (Å²) in [5.74, 6) is 0.904. The first-order chi connectivity index (χ1) is 10.1. The van der Waals surface area contributed by atoms with Crippen molar-refractivity contribution in [3.8, 4) is 0 Å². The highest BCUT2D eigenvalue weighted by Crippen LogP contribution is 2.32. The third kappa shape index (κ3) is 3.53. The van der Waals surface area contributed by atoms with Crippen molar-refractivity contribution in [2.24, 2.45) is 5.92 Å². The number of rotatable bonds is 5. The quantitative estimate of drug-likeness (QED) is 0.669. The number of nitrogens with one attached hydrogen (secondary N) is 1. The molecule has 1 N–H and O–H groups in total. The smallest absolute Gasteiger partial charge is 0.292 e. The largest absolute Gasteiger partial charge is 0.366 e. The molecule has 0 atom stereocenters. The van der Waals surface area contributed by atoms with Gasteiger partial charge in [0.15, 0.2) is 0 Å². The normalized spacial score (nSPS) is 19.8. The van der Waals surface area contributed by atoms with Gasteiger partial charge in [-0.3, -0.25) is 10.1 Å². The monoisotopic (exact) mass is 289 g/mol. The second-order valence-electron chi connectivity index (χ2n) is 6.36. The SMILES string of the molecule is Cc1ccc([N+](=O)[O-])c(N2CCC(NCC3CC3)CC2)c1. The summed E-state index contributed by atoms with van der Waals surface area (Å²) in [6, 6.07) is 5.95. The van der Waals surface area contributed by atoms with Crippen molar-refractivity contribution in [3.05, 3.63) is 33.9 Å². The van der Waals surface area contributed by atoms with Crippen LogP contribution in [0.1, 0.15) is 31.2 Å². The van der Waals surface area contributed by atoms with E-state index in [-0.39, 0.29) is 10.6 Å². The zero-order chi connectivity index (χ0) is 14.8. The average Bonchev–Trinajstić information content (AvgIpc) is 3.29. The molecule has 1 heterocycles. The molecular formula is C16H23N3O2. The number of benzene rings is 1. The number of aryl methyl sites for hydroxylation is 1. The molecule has 1 aromatic rings. The van der Waals surface area contributed by atoms with Crippen LogP contribution >= 0.6 is 0 Å². The van der Waals surface area contributed by atoms with E-state index in [4.69, 9.17) is 0 Å². The van der Waals surface area contributed by atoms with E-state index in [1.165, 1.54) is 12.8 Å². The van der Waals surface area contributed by atoms with Crippen molar-refractivity contribution in [1.82, 2.24) is 5.32 Å². The summed E-state index contributed by atoms with van der Waals surface area (Å²) < 4.78 is 0. The molecule has 1 aliphatic carbocycles. The lowest BCUT2D eigenvalue weighted by Crippen LogP contribution is -2.43. The fraction of sp³-hybridized carbons (Fsp3) is 0.625. The van der Waals surface area contributed by atoms with Crippen LogP contribution < -0.4 is 10.2 Å². The minimum Gasteiger partial charge on any atom is -0.366 e. The van der Waals surface area contributed by atoms with Crippen LogP contribution in [0.15, 0.2) is 18.2 Å². The lowest BCUT2D eigenvalue weighted by atomic mass is 10.0. The van der Waals surface area contributed by atoms with Crippen LogP contribution in [0.5, 0.6) is 0 Å². The lowest BCUT2D eigenvalue weighted by molar-refractivity contribution is -0.384. The summed E-state index contributed by atoms with van der Waals surface area (Å²) in [7, 11) is 0. The average molecular weight is 289 g/mol. The molecule has 0 spiro atoms. The molecule has 2 fully saturated rings. The van der Waals surface area contributed by atoms with Gasteiger partial charge in [0.05, 0.1) is 4.92 Å². The van der Waals surface area contributed by atoms with Crippen LogP contribution in [0, 0.1) is 23.0 Å². The van der Waals surface area contributed by atoms with E-state index in [0.717, 1.165) is 49.6 Å². The Kier molecular flexibility index (Phi) is 4.10. The number of nitro groups is 1. The molecule has 5 heteroatoms. The van der Waals surface area contributed by atoms with Gasteiger partial charge in [-0.05, 0) is 56.7 Å². The fourth-order valence-electron chi connectivity index (χ4n) is 3.02. The summed E-state index contributed by atoms with van der Waals surface area (Å²) in [5.41, 5.74) is 2.08. The maximum atomic E-state index is 11.2. The highest BCUT2D eigenvalue weighted by Gasteiger charge is 2.26. The molecule has 5 nitrogen and oxygen atoms in total. The minimum absolute atomic E-state index is 0.227. The lowest BCUT2D eigenvalue weighted by Gasteiger charge is -2.34. The molecule has 0 aromatic heterocycles. The summed E-state index contributed by atoms with van der Waals surface area (Å²) in [5, 5.41) is 14.8. The molecular weight excluding hydrogens is 266 g/mol. The first kappa shape index (κ1) is 14.3. The van der Waals surface area contributed by atoms with Crippen molar-refractivity contribution in [1.29, 1.82) is 0 Å². The highest BCUT2D eigenvalue weighted by molar-refractivity contribution is 5.64. The number of anilines is 1. The minimum atomic E-state index is -0.272. The maximum absolute atomic E-state index is 11.2. The van der Waals surface area contributed by atoms with Crippen LogP contribution in [0.3, 0.4) is 0 Å². The second kappa shape index (κ2) is 6.02. The zero-order valence-corrected chi connectivity index (χ0v) is 12.5. The Morgan fingerprint density at radius 1 is 1.29 bits per heavy atom. The van der Waals surface area contributed by atoms with Crippen LogP contribution in [0.25, 0.3) is 0 Å². The molecule has 1 saturated carbocycles. The standard InChI is InChI=1S/C16H23N3O2/c1-12-2-5-15(19(20)21)16(10-12)18-8-6-14(7-9-18)17-11-13-3-4-13/h2,5,10,13-14,17H,3-4,6-9,11H2,1H3. The van der Waals surface area contributed by atoms with E-state index >= 15 is 0 Å². The van der Waals surface area contributed by atoms with E-state index < -0.39 is 0 Å². The Bertz CT molecular complexity index is 520. The van der Waals surface area contributed by atoms with Crippen molar-refractivity contribution < 1.29 is 4.92 Å². The Hall–Kier alpha value is -1.62. The van der Waals surface area contributed by atoms with E-state index in [2.05, 4.69) is 10.2 Å². The maximum Gasteiger partial charge on any atom is 0.292 e. The van der Waals surface area contributed by atoms with Gasteiger partial charge in [0.25, 0.3) is 5.69 Å². The molecule has 1 aromatic carbocycles. The van der Waals surface area contributed by atoms with Gasteiger partial charge >= 0.3 is 0 Å². The van der Waals surface area contributed by atoms with Crippen molar-refractivity contribution in [3.63, 3.8) is 0 Å². The molecule has 0 radical (unpaired) electrons. The van der Waals surface area contributed by atoms with Gasteiger partial charge in [0.2, 0.25) is 0 Å². The van der Waals surface area contributed by atoms with Gasteiger partial charge in [-0.25, -0.2) is 0 Å². The third-order valence-corrected chi connectivity index (χ3v) is 4.56. The molecule has 1 saturated heterocycles. The zero-order valence-electron chi connectivity index (χ0n) is 12.5. The fourth-order valence-corrected chi connectivity index (χ4v) is 3.02. The predicted octanol–water partition coefficient (Wildman–Crippen LogP) is 2.87. The molecule has 114 valence electrons. The van der Waals surface area contributed by atoms with Gasteiger partial charge in [0.1, 0.15) is 5.69 Å². The summed E-state index contributed by atoms with van der Waals surface area (Å²) in [4.78, 5) is 13.1. The highest BCUT2D eigenvalue weighted by atomic mass is 16.6. The second-order valence-corrected chi connectivity index (χ2v) is 6.36. The van der Waals surface area contributed by atoms with Crippen molar-refractivity contribution >= 4 is 11.4 Å². The molecule has 0 bridgehead atoms. The van der Waals surface area contributed by atoms with Gasteiger partial charge < -0.3 is 10.2 Å². The Morgan fingerprint density at radius 3 is 2.62 bits per heavy atom. The van der Waals surface area contributed by atoms with E-state index in [1.807, 2.05) is 19.1 Å². The van der Waals surface area contributed by atoms with Crippen LogP contribution in [0.2, 0.25) is 0 Å². The van der Waals surface area contributed by atoms with Crippen LogP contribution in [-0.2, 0) is 0 Å². The Labute approximate surface area is 125 Å². The van der Waals surface area contributed by atoms with E-state index in [0.29, 0.717) is 6.04 Å². The number of hydrogen-bond acceptors (Lipinski definition) is 4. The number of piperidine rings is 1. The predicted molar refractivity (Wildman–Crippen MR) is 83.8 cm³/mol. The molecule has 3 rings (SSSR count). The Balaban J connectivity index is 1.63. The summed E-state index contributed by atoms with van der Waals surface area (Å²) in [6.07, 6.45) is 4.89. The molecule has 1 aliphatic heterocycles. The number of nitro benzene ring substituents is 1. The molecule has 21 heavy (non-hydrogen) atoms. The van der Waals surface area contributed by atoms with Crippen LogP contribution in [-0.4, -0.2) is 30.6 Å². The molecule has 2 aliphatic rings. The first-order valence-electron chi connectivity index (χ1n) is 7.87. The topological polar surface area (TPSA) is 58.4 Å². The molecule has 0 amide bonds. The Morgan fingerprint density at radius 2 is 2.00 bits per heavy atom. The van der Waals surface area contributed by atoms with E-state index in [1.54, 1.807) is 6.07 Å². The summed E-state index contributed by atoms with van der Waals surface area (Å²) in [6.45, 7) is 4.92. The number of nitrogens with zero attached hydrogens (tertiary/aromatic N) is 2. The van der Waals surface area contributed by atoms with Gasteiger partial charge in [0, 0.05) is 25.2 Å². The third-order valence-electron chi connectivity index (χ3n) is 4.56. The van der Waals surface area contributed by atoms with Gasteiger partial charge in [-0.1, -0.05) is 6.07 Å². The van der Waals surface area contributed by atoms with E-state index in [9.17, 15) is 10.1 Å². The molecule has 0 unspecified atom stereocenters. The summed E-state index contributed by atoms with van der Waals surface area (Å²) >= 11 is 0. The van der Waals surface area contributed by atoms with Gasteiger partial charge in [-0.2, -0.15) is 0 Å². The first-order valence-corrected chi connectivity index (χ1v) is 7.87. The van der Waals surface area contributed by atoms with Crippen molar-refractivity contribution in [2.45, 2.75) is 38.6 Å². The van der Waals surface area contributed by atoms with Gasteiger partial charge in [-0.15, -0.1) is 0 Å². The van der Waals surface area contributed by atoms with Crippen molar-refractivity contribution in [2.75, 3.05) is 24.5 Å². The van der Waals surface area contributed by atoms with Crippen LogP contribution in [0.4, 0.5) is 11.4 Å². The number of hydrogen-bond donors (Lipinski definition) is 1.